The fraction of sp³-hybridized carbons (Fsp3) is 0.208. The second kappa shape index (κ2) is 14.5. The summed E-state index contributed by atoms with van der Waals surface area (Å²) in [6, 6.07) is 38.9. The van der Waals surface area contributed by atoms with E-state index in [-0.39, 0.29) is 31.7 Å². The molecule has 3 aromatic heterocycles. The molecule has 0 N–H and O–H groups in total. The van der Waals surface area contributed by atoms with Crippen LogP contribution in [0.2, 0.25) is 0 Å². The van der Waals surface area contributed by atoms with E-state index in [1.165, 1.54) is 38.6 Å². The van der Waals surface area contributed by atoms with Crippen LogP contribution in [0.25, 0.3) is 71.3 Å². The molecule has 0 spiro atoms. The van der Waals surface area contributed by atoms with Gasteiger partial charge >= 0.3 is 20.1 Å². The molecular formula is C48H43IrN4O. The van der Waals surface area contributed by atoms with Gasteiger partial charge in [0.1, 0.15) is 11.1 Å². The van der Waals surface area contributed by atoms with Crippen molar-refractivity contribution < 1.29 is 24.5 Å². The Morgan fingerprint density at radius 3 is 2.26 bits per heavy atom. The maximum atomic E-state index is 6.57. The van der Waals surface area contributed by atoms with Crippen LogP contribution < -0.4 is 0 Å². The van der Waals surface area contributed by atoms with Gasteiger partial charge in [-0.1, -0.05) is 87.2 Å². The summed E-state index contributed by atoms with van der Waals surface area (Å²) in [5.41, 5.74) is 13.8. The maximum absolute atomic E-state index is 6.57. The van der Waals surface area contributed by atoms with Gasteiger partial charge in [-0.2, -0.15) is 41.6 Å². The molecule has 0 fully saturated rings. The number of benzene rings is 5. The van der Waals surface area contributed by atoms with E-state index in [2.05, 4.69) is 137 Å². The van der Waals surface area contributed by atoms with Crippen LogP contribution in [-0.4, -0.2) is 21.9 Å². The molecule has 0 bridgehead atoms. The Bertz CT molecular complexity index is 2700. The summed E-state index contributed by atoms with van der Waals surface area (Å²) in [7, 11) is 2.02. The van der Waals surface area contributed by atoms with Crippen molar-refractivity contribution >= 4 is 43.6 Å². The van der Waals surface area contributed by atoms with Crippen LogP contribution in [0.15, 0.2) is 114 Å². The summed E-state index contributed by atoms with van der Waals surface area (Å²) < 4.78 is 6.57. The summed E-state index contributed by atoms with van der Waals surface area (Å²) in [5, 5.41) is 10.0. The van der Waals surface area contributed by atoms with Gasteiger partial charge in [0.05, 0.1) is 5.58 Å². The van der Waals surface area contributed by atoms with Crippen molar-refractivity contribution in [2.45, 2.75) is 60.0 Å². The van der Waals surface area contributed by atoms with Gasteiger partial charge in [-0.05, 0) is 95.0 Å². The first-order valence-corrected chi connectivity index (χ1v) is 18.2. The van der Waals surface area contributed by atoms with Crippen LogP contribution in [0.5, 0.6) is 0 Å². The van der Waals surface area contributed by atoms with Gasteiger partial charge in [-0.25, -0.2) is 4.98 Å². The largest absolute Gasteiger partial charge is 3.00 e. The van der Waals surface area contributed by atoms with Gasteiger partial charge in [0, 0.05) is 29.7 Å². The number of aromatic nitrogens is 2. The molecule has 270 valence electrons. The van der Waals surface area contributed by atoms with Gasteiger partial charge in [-0.3, -0.25) is 0 Å². The first kappa shape index (κ1) is 37.0. The molecule has 5 nitrogen and oxygen atoms in total. The minimum Gasteiger partial charge on any atom is -0.668 e. The van der Waals surface area contributed by atoms with Crippen LogP contribution >= 0.6 is 0 Å². The molecule has 1 aliphatic heterocycles. The van der Waals surface area contributed by atoms with Gasteiger partial charge < -0.3 is 19.6 Å². The normalized spacial score (nSPS) is 14.0. The Morgan fingerprint density at radius 1 is 0.759 bits per heavy atom. The minimum absolute atomic E-state index is 0. The van der Waals surface area contributed by atoms with E-state index in [9.17, 15) is 0 Å². The molecule has 4 heterocycles. The maximum Gasteiger partial charge on any atom is 3.00 e. The van der Waals surface area contributed by atoms with E-state index >= 15 is 0 Å². The number of nitrogens with zero attached hydrogens (tertiary/aromatic N) is 4. The zero-order chi connectivity index (χ0) is 37.0. The third-order valence-corrected chi connectivity index (χ3v) is 10.3. The third-order valence-electron chi connectivity index (χ3n) is 10.3. The summed E-state index contributed by atoms with van der Waals surface area (Å²) in [4.78, 5) is 11.7. The van der Waals surface area contributed by atoms with E-state index < -0.39 is 0 Å². The van der Waals surface area contributed by atoms with Gasteiger partial charge in [0.15, 0.2) is 0 Å². The van der Waals surface area contributed by atoms with Crippen molar-refractivity contribution in [3.05, 3.63) is 161 Å². The zero-order valence-electron chi connectivity index (χ0n) is 32.0. The molecule has 8 aromatic rings. The molecule has 5 aromatic carbocycles. The SMILES string of the molecule is Cc1c[c-]c(C2[N-]C=CN2C)cc1.Cc1ccc2ccc3c4cc[c-]c(-c5cc(-c6cc7ccc(C(C)(C)C)cc7cc6C)c(C)cn5)c4oc3c2n1.[Ir+3]. The summed E-state index contributed by atoms with van der Waals surface area (Å²) in [5.74, 6) is 0. The number of furan rings is 1. The van der Waals surface area contributed by atoms with Gasteiger partial charge in [0.25, 0.3) is 0 Å². The fourth-order valence-corrected chi connectivity index (χ4v) is 7.18. The average Bonchev–Trinajstić information content (AvgIpc) is 3.75. The minimum atomic E-state index is 0. The first-order valence-electron chi connectivity index (χ1n) is 18.2. The topological polar surface area (TPSA) is 56.3 Å². The standard InChI is InChI=1S/C37H31N2O.C11H12N2.Ir/c1-21-16-26-17-27(37(4,5)6)14-12-25(26)18-31(21)32-19-33(38-20-22(32)2)30-9-7-8-28-29-15-13-24-11-10-23(3)39-34(24)36(29)40-35(28)30;1-9-3-5-10(6-4-9)11-12-7-8-13(11)2;/h7-8,10-20H,1-6H3;3-5,7-8,11H,1-2H3;/q-1;-2;+3. The Hall–Kier alpha value is -5.29. The molecule has 1 atom stereocenters. The molecule has 1 aliphatic rings. The van der Waals surface area contributed by atoms with Crippen LogP contribution in [-0.2, 0) is 25.5 Å². The molecule has 0 aliphatic carbocycles. The van der Waals surface area contributed by atoms with Crippen LogP contribution in [0.4, 0.5) is 0 Å². The Kier molecular flexibility index (Phi) is 9.95. The molecule has 0 saturated carbocycles. The molecular weight excluding hydrogens is 841 g/mol. The van der Waals surface area contributed by atoms with E-state index in [1.54, 1.807) is 0 Å². The van der Waals surface area contributed by atoms with Crippen molar-refractivity contribution in [3.8, 4) is 22.4 Å². The monoisotopic (exact) mass is 884 g/mol. The second-order valence-electron chi connectivity index (χ2n) is 15.3. The number of pyridine rings is 2. The zero-order valence-corrected chi connectivity index (χ0v) is 34.4. The Morgan fingerprint density at radius 2 is 1.52 bits per heavy atom. The van der Waals surface area contributed by atoms with Crippen LogP contribution in [0.1, 0.15) is 60.4 Å². The number of hydrogen-bond acceptors (Lipinski definition) is 4. The predicted octanol–water partition coefficient (Wildman–Crippen LogP) is 12.6. The van der Waals surface area contributed by atoms with Crippen molar-refractivity contribution in [3.63, 3.8) is 0 Å². The Labute approximate surface area is 331 Å². The Balaban J connectivity index is 0.000000272. The number of rotatable bonds is 3. The van der Waals surface area contributed by atoms with Gasteiger partial charge in [0.2, 0.25) is 0 Å². The quantitative estimate of drug-likeness (QED) is 0.166. The van der Waals surface area contributed by atoms with Crippen LogP contribution in [0.3, 0.4) is 0 Å². The van der Waals surface area contributed by atoms with Crippen molar-refractivity contribution in [2.75, 3.05) is 7.05 Å². The van der Waals surface area contributed by atoms with Gasteiger partial charge in [-0.15, -0.1) is 18.2 Å². The number of hydrogen-bond donors (Lipinski definition) is 0. The number of fused-ring (bicyclic) bond motifs is 6. The van der Waals surface area contributed by atoms with Crippen molar-refractivity contribution in [1.29, 1.82) is 0 Å². The molecule has 0 amide bonds. The van der Waals surface area contributed by atoms with Crippen LogP contribution in [0, 0.1) is 39.8 Å². The molecule has 0 radical (unpaired) electrons. The summed E-state index contributed by atoms with van der Waals surface area (Å²) in [6.45, 7) is 15.2. The number of aryl methyl sites for hydroxylation is 4. The smallest absolute Gasteiger partial charge is 0.668 e. The van der Waals surface area contributed by atoms with E-state index in [0.29, 0.717) is 0 Å². The van der Waals surface area contributed by atoms with E-state index in [1.807, 2.05) is 50.8 Å². The second-order valence-corrected chi connectivity index (χ2v) is 15.3. The fourth-order valence-electron chi connectivity index (χ4n) is 7.18. The molecule has 54 heavy (non-hydrogen) atoms. The molecule has 0 saturated heterocycles. The molecule has 6 heteroatoms. The predicted molar refractivity (Wildman–Crippen MR) is 220 cm³/mol. The third kappa shape index (κ3) is 6.93. The first-order chi connectivity index (χ1) is 25.4. The summed E-state index contributed by atoms with van der Waals surface area (Å²) >= 11 is 0. The van der Waals surface area contributed by atoms with Crippen molar-refractivity contribution in [2.24, 2.45) is 0 Å². The summed E-state index contributed by atoms with van der Waals surface area (Å²) in [6.07, 6.45) is 5.89. The van der Waals surface area contributed by atoms with E-state index in [4.69, 9.17) is 14.4 Å². The van der Waals surface area contributed by atoms with E-state index in [0.717, 1.165) is 60.9 Å². The molecule has 1 unspecified atom stereocenters. The average molecular weight is 884 g/mol. The van der Waals surface area contributed by atoms with Crippen molar-refractivity contribution in [1.82, 2.24) is 14.9 Å². The molecule has 9 rings (SSSR count).